The highest BCUT2D eigenvalue weighted by molar-refractivity contribution is 6.02. The van der Waals surface area contributed by atoms with Crippen LogP contribution in [0.3, 0.4) is 0 Å². The molecule has 1 atom stereocenters. The molecular weight excluding hydrogens is 288 g/mol. The lowest BCUT2D eigenvalue weighted by Crippen LogP contribution is -2.54. The van der Waals surface area contributed by atoms with E-state index in [0.29, 0.717) is 5.92 Å². The van der Waals surface area contributed by atoms with Gasteiger partial charge in [-0.3, -0.25) is 4.79 Å². The van der Waals surface area contributed by atoms with Crippen molar-refractivity contribution in [3.8, 4) is 5.75 Å². The maximum absolute atomic E-state index is 12.7. The fourth-order valence-electron chi connectivity index (χ4n) is 3.32. The molecule has 128 valence electrons. The van der Waals surface area contributed by atoms with Crippen LogP contribution in [-0.4, -0.2) is 17.6 Å². The summed E-state index contributed by atoms with van der Waals surface area (Å²) in [7, 11) is 0. The van der Waals surface area contributed by atoms with E-state index < -0.39 is 5.60 Å². The van der Waals surface area contributed by atoms with Crippen LogP contribution in [0.4, 0.5) is 5.69 Å². The fraction of sp³-hybridized carbons (Fsp3) is 0.632. The van der Waals surface area contributed by atoms with Crippen LogP contribution in [0.1, 0.15) is 66.0 Å². The molecule has 4 heteroatoms. The molecule has 0 saturated heterocycles. The molecule has 0 spiro atoms. The molecule has 1 unspecified atom stereocenters. The summed E-state index contributed by atoms with van der Waals surface area (Å²) in [4.78, 5) is 14.6. The van der Waals surface area contributed by atoms with Gasteiger partial charge in [-0.1, -0.05) is 32.8 Å². The number of rotatable bonds is 5. The van der Waals surface area contributed by atoms with E-state index in [-0.39, 0.29) is 18.0 Å². The second kappa shape index (κ2) is 6.52. The number of nitrogens with two attached hydrogens (primary N) is 1. The number of benzene rings is 1. The molecule has 0 bridgehead atoms. The van der Waals surface area contributed by atoms with Crippen LogP contribution in [0.2, 0.25) is 0 Å². The number of ether oxygens (including phenoxy) is 1. The molecule has 1 aliphatic heterocycles. The van der Waals surface area contributed by atoms with Gasteiger partial charge in [-0.15, -0.1) is 0 Å². The average Bonchev–Trinajstić information content (AvgIpc) is 2.48. The van der Waals surface area contributed by atoms with Crippen molar-refractivity contribution in [2.24, 2.45) is 11.7 Å². The Balaban J connectivity index is 2.48. The molecule has 2 N–H and O–H groups in total. The van der Waals surface area contributed by atoms with Gasteiger partial charge in [0.05, 0.1) is 5.69 Å². The molecule has 0 fully saturated rings. The summed E-state index contributed by atoms with van der Waals surface area (Å²) < 4.78 is 5.93. The van der Waals surface area contributed by atoms with Crippen molar-refractivity contribution < 1.29 is 9.53 Å². The topological polar surface area (TPSA) is 55.6 Å². The van der Waals surface area contributed by atoms with Crippen molar-refractivity contribution >= 4 is 11.6 Å². The Labute approximate surface area is 140 Å². The van der Waals surface area contributed by atoms with Gasteiger partial charge >= 0.3 is 0 Å². The summed E-state index contributed by atoms with van der Waals surface area (Å²) in [6.45, 7) is 12.0. The van der Waals surface area contributed by atoms with Crippen molar-refractivity contribution in [2.75, 3.05) is 4.90 Å². The van der Waals surface area contributed by atoms with Gasteiger partial charge in [0, 0.05) is 12.1 Å². The quantitative estimate of drug-likeness (QED) is 0.891. The summed E-state index contributed by atoms with van der Waals surface area (Å²) in [5.41, 5.74) is 7.53. The molecule has 1 aliphatic rings. The van der Waals surface area contributed by atoms with Gasteiger partial charge in [0.2, 0.25) is 0 Å². The largest absolute Gasteiger partial charge is 0.476 e. The van der Waals surface area contributed by atoms with Gasteiger partial charge in [-0.2, -0.15) is 0 Å². The molecule has 23 heavy (non-hydrogen) atoms. The lowest BCUT2D eigenvalue weighted by Gasteiger charge is -2.41. The molecule has 1 aromatic rings. The number of hydrogen-bond donors (Lipinski definition) is 1. The SMILES string of the molecule is CCC(CC)C(N)c1ccc2c(c1)N(C(C)C)C(=O)C(C)(C)O2. The fourth-order valence-corrected chi connectivity index (χ4v) is 3.32. The Morgan fingerprint density at radius 1 is 1.22 bits per heavy atom. The number of amides is 1. The maximum atomic E-state index is 12.7. The zero-order valence-corrected chi connectivity index (χ0v) is 15.2. The highest BCUT2D eigenvalue weighted by atomic mass is 16.5. The molecule has 0 saturated carbocycles. The number of carbonyl (C=O) groups is 1. The average molecular weight is 318 g/mol. The Kier molecular flexibility index (Phi) is 5.04. The first kappa shape index (κ1) is 17.8. The zero-order chi connectivity index (χ0) is 17.4. The molecule has 2 rings (SSSR count). The lowest BCUT2D eigenvalue weighted by molar-refractivity contribution is -0.133. The van der Waals surface area contributed by atoms with Crippen LogP contribution in [0.25, 0.3) is 0 Å². The summed E-state index contributed by atoms with van der Waals surface area (Å²) in [5, 5.41) is 0. The minimum absolute atomic E-state index is 0.00625. The van der Waals surface area contributed by atoms with Crippen LogP contribution in [0.5, 0.6) is 5.75 Å². The van der Waals surface area contributed by atoms with Gasteiger partial charge in [-0.05, 0) is 51.3 Å². The maximum Gasteiger partial charge on any atom is 0.270 e. The summed E-state index contributed by atoms with van der Waals surface area (Å²) in [6, 6.07) is 6.08. The highest BCUT2D eigenvalue weighted by Gasteiger charge is 2.42. The molecule has 4 nitrogen and oxygen atoms in total. The highest BCUT2D eigenvalue weighted by Crippen LogP contribution is 2.41. The first-order chi connectivity index (χ1) is 10.7. The standard InChI is InChI=1S/C19H30N2O2/c1-7-13(8-2)17(20)14-9-10-16-15(11-14)21(12(3)4)18(22)19(5,6)23-16/h9-13,17H,7-8,20H2,1-6H3. The Morgan fingerprint density at radius 3 is 2.35 bits per heavy atom. The van der Waals surface area contributed by atoms with Crippen molar-refractivity contribution in [3.05, 3.63) is 23.8 Å². The number of fused-ring (bicyclic) bond motifs is 1. The predicted molar refractivity (Wildman–Crippen MR) is 94.8 cm³/mol. The van der Waals surface area contributed by atoms with E-state index in [2.05, 4.69) is 13.8 Å². The van der Waals surface area contributed by atoms with E-state index in [1.54, 1.807) is 0 Å². The minimum Gasteiger partial charge on any atom is -0.476 e. The van der Waals surface area contributed by atoms with Crippen molar-refractivity contribution in [2.45, 2.75) is 72.1 Å². The smallest absolute Gasteiger partial charge is 0.270 e. The lowest BCUT2D eigenvalue weighted by atomic mass is 9.89. The Hall–Kier alpha value is -1.55. The van der Waals surface area contributed by atoms with Gasteiger partial charge in [0.1, 0.15) is 5.75 Å². The Bertz CT molecular complexity index is 577. The molecule has 0 radical (unpaired) electrons. The van der Waals surface area contributed by atoms with Crippen LogP contribution < -0.4 is 15.4 Å². The van der Waals surface area contributed by atoms with Crippen molar-refractivity contribution in [1.29, 1.82) is 0 Å². The van der Waals surface area contributed by atoms with Crippen molar-refractivity contribution in [1.82, 2.24) is 0 Å². The summed E-state index contributed by atoms with van der Waals surface area (Å²) in [5.74, 6) is 1.19. The number of carbonyl (C=O) groups excluding carboxylic acids is 1. The van der Waals surface area contributed by atoms with Crippen LogP contribution >= 0.6 is 0 Å². The number of hydrogen-bond acceptors (Lipinski definition) is 3. The van der Waals surface area contributed by atoms with E-state index >= 15 is 0 Å². The van der Waals surface area contributed by atoms with Gasteiger partial charge in [-0.25, -0.2) is 0 Å². The zero-order valence-electron chi connectivity index (χ0n) is 15.2. The van der Waals surface area contributed by atoms with Gasteiger partial charge in [0.15, 0.2) is 5.60 Å². The molecule has 0 aromatic heterocycles. The number of anilines is 1. The normalized spacial score (nSPS) is 18.1. The first-order valence-corrected chi connectivity index (χ1v) is 8.65. The van der Waals surface area contributed by atoms with Crippen LogP contribution in [0.15, 0.2) is 18.2 Å². The van der Waals surface area contributed by atoms with Crippen LogP contribution in [-0.2, 0) is 4.79 Å². The molecule has 1 heterocycles. The number of nitrogens with zero attached hydrogens (tertiary/aromatic N) is 1. The molecule has 1 amide bonds. The first-order valence-electron chi connectivity index (χ1n) is 8.65. The second-order valence-electron chi connectivity index (χ2n) is 7.21. The molecular formula is C19H30N2O2. The second-order valence-corrected chi connectivity index (χ2v) is 7.21. The Morgan fingerprint density at radius 2 is 1.83 bits per heavy atom. The molecule has 1 aromatic carbocycles. The van der Waals surface area contributed by atoms with Crippen LogP contribution in [0, 0.1) is 5.92 Å². The van der Waals surface area contributed by atoms with Gasteiger partial charge < -0.3 is 15.4 Å². The van der Waals surface area contributed by atoms with E-state index in [9.17, 15) is 4.79 Å². The van der Waals surface area contributed by atoms with E-state index in [4.69, 9.17) is 10.5 Å². The minimum atomic E-state index is -0.837. The molecule has 0 aliphatic carbocycles. The van der Waals surface area contributed by atoms with Gasteiger partial charge in [0.25, 0.3) is 5.91 Å². The third kappa shape index (κ3) is 3.23. The van der Waals surface area contributed by atoms with E-state index in [0.717, 1.165) is 29.8 Å². The summed E-state index contributed by atoms with van der Waals surface area (Å²) in [6.07, 6.45) is 2.09. The van der Waals surface area contributed by atoms with Crippen molar-refractivity contribution in [3.63, 3.8) is 0 Å². The third-order valence-electron chi connectivity index (χ3n) is 4.80. The van der Waals surface area contributed by atoms with E-state index in [1.807, 2.05) is 50.8 Å². The summed E-state index contributed by atoms with van der Waals surface area (Å²) >= 11 is 0. The van der Waals surface area contributed by atoms with E-state index in [1.165, 1.54) is 0 Å². The monoisotopic (exact) mass is 318 g/mol. The predicted octanol–water partition coefficient (Wildman–Crippen LogP) is 4.04. The third-order valence-corrected chi connectivity index (χ3v) is 4.80.